The molecule has 10 amide bonds. The number of aromatic hydroxyl groups is 1. The van der Waals surface area contributed by atoms with Gasteiger partial charge in [-0.2, -0.15) is 0 Å². The minimum Gasteiger partial charge on any atom is -0.507 e. The van der Waals surface area contributed by atoms with Gasteiger partial charge < -0.3 is 91.1 Å². The fraction of sp³-hybridized carbons (Fsp3) is 0.500. The molecule has 10 heterocycles. The third-order valence-electron chi connectivity index (χ3n) is 25.2. The molecule has 9 atom stereocenters. The van der Waals surface area contributed by atoms with E-state index in [9.17, 15) is 48.3 Å². The molecule has 0 radical (unpaired) electrons. The number of nitrogens with two attached hydrogens (primary N) is 2. The highest BCUT2D eigenvalue weighted by Gasteiger charge is 2.52. The molecule has 36 nitrogen and oxygen atoms in total. The molecular formula is C90H114N20O16S. The molecule has 4 aromatic heterocycles. The third kappa shape index (κ3) is 22.0. The highest BCUT2D eigenvalue weighted by Crippen LogP contribution is 2.44. The molecule has 1 saturated carbocycles. The van der Waals surface area contributed by atoms with Gasteiger partial charge in [-0.05, 0) is 144 Å². The van der Waals surface area contributed by atoms with Crippen LogP contribution in [-0.2, 0) is 47.8 Å². The van der Waals surface area contributed by atoms with E-state index in [0.29, 0.717) is 94.5 Å². The van der Waals surface area contributed by atoms with Crippen molar-refractivity contribution in [3.63, 3.8) is 0 Å². The second kappa shape index (κ2) is 41.4. The van der Waals surface area contributed by atoms with Crippen LogP contribution in [0.1, 0.15) is 139 Å². The summed E-state index contributed by atoms with van der Waals surface area (Å²) in [5.74, 6) is -4.07. The number of rotatable bonds is 37. The fourth-order valence-electron chi connectivity index (χ4n) is 17.9. The van der Waals surface area contributed by atoms with Crippen LogP contribution >= 0.6 is 11.3 Å². The van der Waals surface area contributed by atoms with Crippen LogP contribution in [0.2, 0.25) is 0 Å². The molecule has 3 unspecified atom stereocenters. The minimum atomic E-state index is -1.58. The lowest BCUT2D eigenvalue weighted by atomic mass is 9.67. The lowest BCUT2D eigenvalue weighted by molar-refractivity contribution is -0.151. The SMILES string of the molecule is Cc1ncsc1-c1ccc([C@H](C)NC(=O)[C@@H]2C[C@@H](OC(=O)OC(C(=O)N3CCN(C)CC3)c3ccc(NC(=O)[C@H](CCCNC(N)=O)NC(=O)C4(C(=O)NCCCCCN5C(=O)C=CC5=O)CCC4)cc3)CN2C(=O)[C@@H](c2cc(OCCN3CCN(CCOc4cc(N5C6CCC5CN(c5cc(-c7ccccc7O)nnc5N)C6)ccn4)[C@H](C)C3)no2)C(C)C)cc1. The van der Waals surface area contributed by atoms with Gasteiger partial charge in [0.15, 0.2) is 11.6 Å². The summed E-state index contributed by atoms with van der Waals surface area (Å²) < 4.78 is 30.7. The summed E-state index contributed by atoms with van der Waals surface area (Å²) in [7, 11) is 1.93. The summed E-state index contributed by atoms with van der Waals surface area (Å²) in [4.78, 5) is 163. The molecule has 5 saturated heterocycles. The Kier molecular flexibility index (Phi) is 29.6. The number of para-hydroxylation sites is 1. The van der Waals surface area contributed by atoms with E-state index in [0.717, 1.165) is 83.5 Å². The molecule has 0 spiro atoms. The summed E-state index contributed by atoms with van der Waals surface area (Å²) >= 11 is 1.53. The number of piperazine rings is 3. The average Bonchev–Trinajstić information content (AvgIpc) is 1.56. The van der Waals surface area contributed by atoms with Gasteiger partial charge in [-0.15, -0.1) is 21.5 Å². The number of aromatic nitrogens is 5. The number of carbonyl (C=O) groups excluding carboxylic acids is 10. The summed E-state index contributed by atoms with van der Waals surface area (Å²) in [5.41, 5.74) is 18.2. The highest BCUT2D eigenvalue weighted by molar-refractivity contribution is 7.13. The van der Waals surface area contributed by atoms with Gasteiger partial charge in [0.1, 0.15) is 48.5 Å². The second-order valence-corrected chi connectivity index (χ2v) is 35.1. The maximum Gasteiger partial charge on any atom is 0.509 e. The zero-order valence-electron chi connectivity index (χ0n) is 72.6. The largest absolute Gasteiger partial charge is 0.509 e. The van der Waals surface area contributed by atoms with E-state index in [1.807, 2.05) is 89.3 Å². The second-order valence-electron chi connectivity index (χ2n) is 34.2. The maximum atomic E-state index is 15.4. The number of likely N-dealkylation sites (N-methyl/N-ethyl adjacent to an activating group) is 1. The monoisotopic (exact) mass is 1760 g/mol. The van der Waals surface area contributed by atoms with Gasteiger partial charge in [0.2, 0.25) is 41.5 Å². The predicted octanol–water partition coefficient (Wildman–Crippen LogP) is 7.08. The number of fused-ring (bicyclic) bond motifs is 2. The fourth-order valence-corrected chi connectivity index (χ4v) is 18.7. The number of phenolic OH excluding ortho intramolecular Hbond substituents is 1. The molecule has 6 fully saturated rings. The number of nitrogen functional groups attached to an aromatic ring is 1. The topological polar surface area (TPSA) is 444 Å². The van der Waals surface area contributed by atoms with Crippen molar-refractivity contribution in [2.45, 2.75) is 160 Å². The van der Waals surface area contributed by atoms with Crippen LogP contribution in [0.25, 0.3) is 21.7 Å². The van der Waals surface area contributed by atoms with Crippen LogP contribution in [-0.4, -0.2) is 274 Å². The summed E-state index contributed by atoms with van der Waals surface area (Å²) in [5, 5.41) is 37.5. The van der Waals surface area contributed by atoms with Crippen LogP contribution in [0.4, 0.5) is 32.5 Å². The Bertz CT molecular complexity index is 5090. The van der Waals surface area contributed by atoms with Crippen molar-refractivity contribution in [2.75, 3.05) is 139 Å². The molecule has 7 aliphatic rings. The molecule has 7 aromatic rings. The van der Waals surface area contributed by atoms with Crippen LogP contribution < -0.4 is 57.3 Å². The van der Waals surface area contributed by atoms with Crippen molar-refractivity contribution in [3.05, 3.63) is 144 Å². The number of anilines is 4. The van der Waals surface area contributed by atoms with Gasteiger partial charge in [-0.1, -0.05) is 68.8 Å². The zero-order chi connectivity index (χ0) is 89.6. The number of imide groups is 1. The lowest BCUT2D eigenvalue weighted by Crippen LogP contribution is -2.58. The molecule has 37 heteroatoms. The van der Waals surface area contributed by atoms with Crippen LogP contribution in [0.15, 0.2) is 125 Å². The Morgan fingerprint density at radius 2 is 1.45 bits per heavy atom. The number of likely N-dealkylation sites (tertiary alicyclic amines) is 1. The Morgan fingerprint density at radius 3 is 2.14 bits per heavy atom. The van der Waals surface area contributed by atoms with Crippen LogP contribution in [0.3, 0.4) is 0 Å². The van der Waals surface area contributed by atoms with Gasteiger partial charge in [-0.25, -0.2) is 19.6 Å². The van der Waals surface area contributed by atoms with Crippen molar-refractivity contribution in [3.8, 4) is 39.2 Å². The molecule has 6 aliphatic heterocycles. The number of nitrogens with zero attached hydrogens (tertiary/aromatic N) is 13. The van der Waals surface area contributed by atoms with Crippen molar-refractivity contribution in [1.29, 1.82) is 0 Å². The number of pyridine rings is 1. The quantitative estimate of drug-likeness (QED) is 0.00834. The van der Waals surface area contributed by atoms with Crippen LogP contribution in [0, 0.1) is 18.3 Å². The number of thiazole rings is 1. The molecule has 127 heavy (non-hydrogen) atoms. The summed E-state index contributed by atoms with van der Waals surface area (Å²) in [6.07, 6.45) is 5.13. The van der Waals surface area contributed by atoms with E-state index in [-0.39, 0.29) is 123 Å². The number of amides is 10. The first-order valence-electron chi connectivity index (χ1n) is 43.9. The van der Waals surface area contributed by atoms with Gasteiger partial charge in [-0.3, -0.25) is 53.1 Å². The number of hydrogen-bond acceptors (Lipinski definition) is 28. The van der Waals surface area contributed by atoms with E-state index in [4.69, 9.17) is 34.9 Å². The number of nitrogens with one attached hydrogen (secondary N) is 5. The molecule has 10 N–H and O–H groups in total. The van der Waals surface area contributed by atoms with Crippen molar-refractivity contribution >= 4 is 93.7 Å². The number of ether oxygens (including phenoxy) is 4. The molecule has 2 bridgehead atoms. The lowest BCUT2D eigenvalue weighted by Gasteiger charge is -2.43. The first-order valence-corrected chi connectivity index (χ1v) is 44.7. The van der Waals surface area contributed by atoms with E-state index < -0.39 is 95.2 Å². The van der Waals surface area contributed by atoms with E-state index in [1.54, 1.807) is 34.8 Å². The number of urea groups is 1. The van der Waals surface area contributed by atoms with E-state index in [1.165, 1.54) is 52.7 Å². The van der Waals surface area contributed by atoms with Crippen molar-refractivity contribution < 1.29 is 76.5 Å². The van der Waals surface area contributed by atoms with Crippen molar-refractivity contribution in [2.24, 2.45) is 17.1 Å². The number of phenols is 1. The highest BCUT2D eigenvalue weighted by atomic mass is 32.1. The average molecular weight is 1760 g/mol. The zero-order valence-corrected chi connectivity index (χ0v) is 73.4. The van der Waals surface area contributed by atoms with Crippen LogP contribution in [0.5, 0.6) is 17.5 Å². The van der Waals surface area contributed by atoms with Gasteiger partial charge in [0, 0.05) is 169 Å². The maximum absolute atomic E-state index is 15.4. The molecule has 3 aromatic carbocycles. The summed E-state index contributed by atoms with van der Waals surface area (Å²) in [6.45, 7) is 17.5. The Balaban J connectivity index is 0.591. The van der Waals surface area contributed by atoms with Gasteiger partial charge >= 0.3 is 12.2 Å². The Morgan fingerprint density at radius 1 is 0.732 bits per heavy atom. The smallest absolute Gasteiger partial charge is 0.507 e. The number of aryl methyl sites for hydroxylation is 1. The third-order valence-corrected chi connectivity index (χ3v) is 26.2. The van der Waals surface area contributed by atoms with Crippen molar-refractivity contribution in [1.82, 2.24) is 76.0 Å². The first-order chi connectivity index (χ1) is 61.2. The number of hydrogen-bond donors (Lipinski definition) is 8. The number of primary amides is 1. The van der Waals surface area contributed by atoms with Gasteiger partial charge in [0.25, 0.3) is 23.6 Å². The minimum absolute atomic E-state index is 0.0254. The Labute approximate surface area is 741 Å². The van der Waals surface area contributed by atoms with Gasteiger partial charge in [0.05, 0.1) is 40.0 Å². The normalized spacial score (nSPS) is 20.3. The number of benzene rings is 3. The first kappa shape index (κ1) is 90.9. The number of carbonyl (C=O) groups is 10. The molecule has 1 aliphatic carbocycles. The molecular weight excluding hydrogens is 1650 g/mol. The van der Waals surface area contributed by atoms with E-state index >= 15 is 4.79 Å². The predicted molar refractivity (Wildman–Crippen MR) is 472 cm³/mol. The molecule has 14 rings (SSSR count). The Hall–Kier alpha value is -12.4. The van der Waals surface area contributed by atoms with E-state index in [2.05, 4.69) is 83.3 Å². The summed E-state index contributed by atoms with van der Waals surface area (Å²) in [6, 6.07) is 25.4. The number of unbranched alkanes of at least 4 members (excludes halogenated alkanes) is 2. The molecule has 676 valence electrons. The standard InChI is InChI=1S/C90H114N20O16S/c1-55(2)78(73-49-75(102-126-73)123-44-42-104-38-41-105(56(3)50-104)43-45-122-74-46-63(29-34-93-74)110-64-25-26-65(110)52-107(51-64)70-48-69(100-101-81(70)91)67-14-8-9-16-72(67)111)84(116)109-53-66(47-71(109)83(115)97-57(4)59-17-19-61(20-18-59)80-58(5)96-54-127-80)124-89(121)125-79(85(117)106-39-36-103(6)37-40-106)60-21-23-62(24-22-60)98-82(114)68(15-12-33-95-88(92)120)99-87(119)90(30-13-31-90)86(118)94-32-10-7-11-35-108-76(112)27-28-77(108)113/h8-9,14,16-24,27-29,34,46,48-49,54-57,64-66,68,71,78-79,111H,7,10-13,15,25-26,30-33,35-45,47,50-53H2,1-6H3,(H2,91,101)(H,94,118)(H,97,115)(H,98,114)(H,99,119)(H3,92,95,120)/t56-,57+,64?,65?,66-,68+,71+,78-,79?/m1/s1.